The smallest absolute Gasteiger partial charge is 0.319 e. The Morgan fingerprint density at radius 3 is 2.48 bits per heavy atom. The Bertz CT molecular complexity index is 2360. The van der Waals surface area contributed by atoms with Gasteiger partial charge in [-0.3, -0.25) is 9.88 Å². The van der Waals surface area contributed by atoms with Crippen LogP contribution >= 0.6 is 0 Å². The molecule has 5 atom stereocenters. The monoisotopic (exact) mass is 818 g/mol. The lowest BCUT2D eigenvalue weighted by Crippen LogP contribution is -2.43. The molecular formula is C44H51F5N6O2Si. The van der Waals surface area contributed by atoms with Crippen LogP contribution in [-0.2, 0) is 4.74 Å². The number of benzene rings is 2. The molecule has 9 rings (SSSR count). The minimum atomic E-state index is -2.70. The third kappa shape index (κ3) is 5.99. The van der Waals surface area contributed by atoms with Gasteiger partial charge in [0.1, 0.15) is 43.7 Å². The van der Waals surface area contributed by atoms with E-state index in [0.717, 1.165) is 6.42 Å². The van der Waals surface area contributed by atoms with E-state index in [1.165, 1.54) is 12.3 Å². The highest BCUT2D eigenvalue weighted by atomic mass is 28.3. The van der Waals surface area contributed by atoms with Gasteiger partial charge in [-0.1, -0.05) is 53.5 Å². The molecule has 58 heavy (non-hydrogen) atoms. The Morgan fingerprint density at radius 2 is 1.78 bits per heavy atom. The fourth-order valence-corrected chi connectivity index (χ4v) is 16.4. The minimum Gasteiger partial charge on any atom is -0.461 e. The molecule has 2 aromatic heterocycles. The molecule has 0 bridgehead atoms. The summed E-state index contributed by atoms with van der Waals surface area (Å²) in [4.78, 5) is 17.9. The van der Waals surface area contributed by atoms with E-state index in [-0.39, 0.29) is 65.1 Å². The number of halogens is 5. The Hall–Kier alpha value is -4.06. The zero-order chi connectivity index (χ0) is 41.1. The first-order chi connectivity index (χ1) is 27.5. The van der Waals surface area contributed by atoms with Crippen LogP contribution in [0.4, 0.5) is 33.5 Å². The number of hydrogen-bond donors (Lipinski definition) is 1. The van der Waals surface area contributed by atoms with Crippen LogP contribution in [0.15, 0.2) is 30.5 Å². The highest BCUT2D eigenvalue weighted by molar-refractivity contribution is 6.90. The minimum absolute atomic E-state index is 0.0470. The molecule has 0 radical (unpaired) electrons. The van der Waals surface area contributed by atoms with E-state index in [0.29, 0.717) is 72.2 Å². The van der Waals surface area contributed by atoms with Gasteiger partial charge in [0.05, 0.1) is 41.2 Å². The van der Waals surface area contributed by atoms with Gasteiger partial charge in [-0.15, -0.1) is 5.54 Å². The van der Waals surface area contributed by atoms with Crippen molar-refractivity contribution in [2.75, 3.05) is 50.1 Å². The van der Waals surface area contributed by atoms with Gasteiger partial charge in [0.2, 0.25) is 0 Å². The van der Waals surface area contributed by atoms with Crippen molar-refractivity contribution >= 4 is 41.3 Å². The molecule has 2 N–H and O–H groups in total. The van der Waals surface area contributed by atoms with Gasteiger partial charge in [0.15, 0.2) is 5.82 Å². The Labute approximate surface area is 337 Å². The second-order valence-electron chi connectivity index (χ2n) is 18.5. The van der Waals surface area contributed by atoms with Crippen LogP contribution in [0.2, 0.25) is 16.6 Å². The lowest BCUT2D eigenvalue weighted by atomic mass is 9.89. The summed E-state index contributed by atoms with van der Waals surface area (Å²) in [5.41, 5.74) is 9.77. The first kappa shape index (κ1) is 39.4. The summed E-state index contributed by atoms with van der Waals surface area (Å²) in [5.74, 6) is -0.890. The molecule has 4 aromatic rings. The number of nitrogen functional groups attached to an aromatic ring is 1. The van der Waals surface area contributed by atoms with Crippen LogP contribution in [-0.4, -0.2) is 91.1 Å². The van der Waals surface area contributed by atoms with Crippen LogP contribution in [0.3, 0.4) is 0 Å². The summed E-state index contributed by atoms with van der Waals surface area (Å²) in [6.07, 6.45) is 2.00. The second-order valence-corrected chi connectivity index (χ2v) is 24.1. The van der Waals surface area contributed by atoms with E-state index in [9.17, 15) is 8.78 Å². The molecule has 308 valence electrons. The van der Waals surface area contributed by atoms with E-state index < -0.39 is 48.8 Å². The lowest BCUT2D eigenvalue weighted by Gasteiger charge is -2.38. The first-order valence-electron chi connectivity index (χ1n) is 20.7. The molecular weight excluding hydrogens is 768 g/mol. The third-order valence-corrected chi connectivity index (χ3v) is 20.6. The maximum Gasteiger partial charge on any atom is 0.319 e. The van der Waals surface area contributed by atoms with Gasteiger partial charge < -0.3 is 20.1 Å². The predicted octanol–water partition coefficient (Wildman–Crippen LogP) is 9.09. The molecule has 5 aliphatic rings. The Balaban J connectivity index is 1.19. The van der Waals surface area contributed by atoms with E-state index in [1.807, 2.05) is 0 Å². The molecule has 2 aromatic carbocycles. The molecule has 2 aliphatic carbocycles. The van der Waals surface area contributed by atoms with Crippen LogP contribution in [0.1, 0.15) is 72.8 Å². The molecule has 2 saturated carbocycles. The largest absolute Gasteiger partial charge is 0.461 e. The molecule has 5 fully saturated rings. The molecule has 3 saturated heterocycles. The molecule has 3 aliphatic heterocycles. The Morgan fingerprint density at radius 1 is 1.03 bits per heavy atom. The molecule has 8 nitrogen and oxygen atoms in total. The number of fused-ring (bicyclic) bond motifs is 4. The number of hydrogen-bond acceptors (Lipinski definition) is 8. The molecule has 5 heterocycles. The summed E-state index contributed by atoms with van der Waals surface area (Å²) < 4.78 is 90.1. The number of anilines is 2. The number of pyridine rings is 1. The average Bonchev–Trinajstić information content (AvgIpc) is 3.85. The zero-order valence-corrected chi connectivity index (χ0v) is 34.9. The van der Waals surface area contributed by atoms with Gasteiger partial charge in [0, 0.05) is 48.3 Å². The molecule has 0 amide bonds. The van der Waals surface area contributed by atoms with Crippen LogP contribution < -0.4 is 15.4 Å². The zero-order valence-electron chi connectivity index (χ0n) is 33.9. The van der Waals surface area contributed by atoms with Crippen molar-refractivity contribution in [1.82, 2.24) is 19.9 Å². The van der Waals surface area contributed by atoms with Gasteiger partial charge in [0.25, 0.3) is 5.92 Å². The molecule has 1 unspecified atom stereocenters. The number of nitrogens with zero attached hydrogens (tertiary/aromatic N) is 5. The van der Waals surface area contributed by atoms with Gasteiger partial charge in [-0.05, 0) is 66.0 Å². The van der Waals surface area contributed by atoms with Gasteiger partial charge >= 0.3 is 6.01 Å². The quantitative estimate of drug-likeness (QED) is 0.0816. The van der Waals surface area contributed by atoms with E-state index in [4.69, 9.17) is 20.2 Å². The number of ether oxygens (including phenoxy) is 2. The van der Waals surface area contributed by atoms with Crippen molar-refractivity contribution in [3.8, 4) is 28.7 Å². The average molecular weight is 819 g/mol. The van der Waals surface area contributed by atoms with Crippen LogP contribution in [0.5, 0.6) is 6.01 Å². The van der Waals surface area contributed by atoms with E-state index in [1.54, 1.807) is 23.1 Å². The number of nitrogens with two attached hydrogens (primary N) is 1. The first-order valence-corrected chi connectivity index (χ1v) is 22.9. The summed E-state index contributed by atoms with van der Waals surface area (Å²) in [7, 11) is -2.31. The van der Waals surface area contributed by atoms with Crippen molar-refractivity contribution in [3.05, 3.63) is 47.7 Å². The number of alkyl halides is 3. The van der Waals surface area contributed by atoms with Crippen LogP contribution in [0.25, 0.3) is 32.9 Å². The highest BCUT2D eigenvalue weighted by Gasteiger charge is 2.77. The van der Waals surface area contributed by atoms with Gasteiger partial charge in [-0.25, -0.2) is 22.0 Å². The highest BCUT2D eigenvalue weighted by Crippen LogP contribution is 2.69. The van der Waals surface area contributed by atoms with E-state index in [2.05, 4.69) is 67.9 Å². The van der Waals surface area contributed by atoms with Crippen LogP contribution in [0, 0.1) is 34.4 Å². The maximum atomic E-state index is 17.5. The Kier molecular flexibility index (Phi) is 9.34. The summed E-state index contributed by atoms with van der Waals surface area (Å²) in [6.45, 7) is 15.0. The standard InChI is InChI=1S/C44H51F5N6O2Si/c1-24(2)58(25(3)4,26(5)6)15-10-29-33(45)9-8-27-16-28(50)17-30(34(27)29)37-36(47)38-31(18-51-37)40(55-13-14-56-19-32-35(46)39(32)55)53-41(52-38)57-23-43-11-7-12-54(43)22-42(20-43)21-44(42,48)49/h8-9,16-18,24-26,32,35,39H,7,11-14,19-23,50H2,1-6H3/t32-,35-,39-,42?,43-/m0/s1. The fourth-order valence-electron chi connectivity index (χ4n) is 11.2. The normalized spacial score (nSPS) is 27.7. The number of rotatable bonds is 8. The third-order valence-electron chi connectivity index (χ3n) is 14.3. The van der Waals surface area contributed by atoms with Crippen molar-refractivity contribution in [3.63, 3.8) is 0 Å². The molecule has 1 spiro atoms. The summed E-state index contributed by atoms with van der Waals surface area (Å²) in [5, 5.41) is 1.21. The van der Waals surface area contributed by atoms with Crippen molar-refractivity contribution < 1.29 is 31.4 Å². The second kappa shape index (κ2) is 13.7. The van der Waals surface area contributed by atoms with Crippen molar-refractivity contribution in [1.29, 1.82) is 0 Å². The molecule has 14 heteroatoms. The lowest BCUT2D eigenvalue weighted by molar-refractivity contribution is 0.0647. The van der Waals surface area contributed by atoms with Crippen molar-refractivity contribution in [2.45, 2.75) is 108 Å². The predicted molar refractivity (Wildman–Crippen MR) is 219 cm³/mol. The van der Waals surface area contributed by atoms with Crippen molar-refractivity contribution in [2.24, 2.45) is 11.3 Å². The van der Waals surface area contributed by atoms with Gasteiger partial charge in [-0.2, -0.15) is 9.97 Å². The SMILES string of the molecule is CC(C)[Si](C#Cc1c(F)ccc2cc(N)cc(-c3ncc4c(N5CCOC[C@H]6[C@H](F)[C@H]65)nc(OC[C@@]56CCCN5CC5(CC5(F)F)C6)nc4c3F)c12)(C(C)C)C(C)C. The maximum absolute atomic E-state index is 17.5. The number of aromatic nitrogens is 3. The summed E-state index contributed by atoms with van der Waals surface area (Å²) >= 11 is 0. The fraction of sp³-hybridized carbons (Fsp3) is 0.568. The van der Waals surface area contributed by atoms with E-state index >= 15 is 13.2 Å². The summed E-state index contributed by atoms with van der Waals surface area (Å²) in [6, 6.07) is 5.58. The topological polar surface area (TPSA) is 89.6 Å².